The molecular formula is C24H25N5O2. The van der Waals surface area contributed by atoms with Gasteiger partial charge in [-0.3, -0.25) is 14.2 Å². The van der Waals surface area contributed by atoms with Crippen LogP contribution in [0.25, 0.3) is 17.1 Å². The summed E-state index contributed by atoms with van der Waals surface area (Å²) in [4.78, 5) is 32.0. The van der Waals surface area contributed by atoms with Crippen LogP contribution < -0.4 is 15.8 Å². The fourth-order valence-corrected chi connectivity index (χ4v) is 5.40. The van der Waals surface area contributed by atoms with E-state index >= 15 is 0 Å². The second-order valence-electron chi connectivity index (χ2n) is 8.83. The predicted octanol–water partition coefficient (Wildman–Crippen LogP) is 2.53. The van der Waals surface area contributed by atoms with Crippen LogP contribution in [0.4, 0.5) is 5.69 Å². The molecule has 2 bridgehead atoms. The Balaban J connectivity index is 1.42. The highest BCUT2D eigenvalue weighted by molar-refractivity contribution is 5.95. The van der Waals surface area contributed by atoms with E-state index in [9.17, 15) is 9.59 Å². The third kappa shape index (κ3) is 3.03. The highest BCUT2D eigenvalue weighted by Crippen LogP contribution is 2.33. The minimum Gasteiger partial charge on any atom is -0.316 e. The lowest BCUT2D eigenvalue weighted by molar-refractivity contribution is -0.117. The zero-order valence-corrected chi connectivity index (χ0v) is 17.3. The van der Waals surface area contributed by atoms with Gasteiger partial charge in [0.1, 0.15) is 5.82 Å². The molecular weight excluding hydrogens is 390 g/mol. The van der Waals surface area contributed by atoms with Crippen LogP contribution in [0, 0.1) is 5.92 Å². The Bertz CT molecular complexity index is 1230. The lowest BCUT2D eigenvalue weighted by atomic mass is 9.84. The number of pyridine rings is 1. The summed E-state index contributed by atoms with van der Waals surface area (Å²) < 4.78 is 3.91. The second kappa shape index (κ2) is 7.20. The lowest BCUT2D eigenvalue weighted by Crippen LogP contribution is -2.45. The first-order valence-electron chi connectivity index (χ1n) is 11.1. The van der Waals surface area contributed by atoms with Gasteiger partial charge in [0.25, 0.3) is 5.56 Å². The van der Waals surface area contributed by atoms with Gasteiger partial charge in [0.15, 0.2) is 0 Å². The summed E-state index contributed by atoms with van der Waals surface area (Å²) in [6.45, 7) is 3.43. The molecule has 0 radical (unpaired) electrons. The van der Waals surface area contributed by atoms with Crippen molar-refractivity contribution in [1.82, 2.24) is 19.4 Å². The van der Waals surface area contributed by atoms with Crippen molar-refractivity contribution in [3.8, 4) is 17.1 Å². The Hall–Kier alpha value is -3.19. The van der Waals surface area contributed by atoms with Crippen LogP contribution in [0.15, 0.2) is 53.6 Å². The largest absolute Gasteiger partial charge is 0.316 e. The number of carbonyl (C=O) groups excluding carboxylic acids is 1. The fraction of sp³-hybridized carbons (Fsp3) is 0.375. The molecule has 1 amide bonds. The maximum absolute atomic E-state index is 13.5. The molecule has 0 aliphatic carbocycles. The molecule has 3 aliphatic heterocycles. The zero-order chi connectivity index (χ0) is 20.9. The van der Waals surface area contributed by atoms with E-state index in [1.807, 2.05) is 50.6 Å². The summed E-state index contributed by atoms with van der Waals surface area (Å²) in [5.74, 6) is 1.72. The predicted molar refractivity (Wildman–Crippen MR) is 119 cm³/mol. The molecule has 158 valence electrons. The van der Waals surface area contributed by atoms with Crippen molar-refractivity contribution < 1.29 is 4.79 Å². The van der Waals surface area contributed by atoms with E-state index in [2.05, 4.69) is 16.4 Å². The standard InChI is InChI=1S/C24H25N5O2/c30-22-5-2-9-27(22)18-3-1-4-19(12-18)28-10-8-26-23(28)20-6-7-21-17-11-16(13-25-14-17)15-29(21)24(20)31/h1,3-4,6-8,10,12,16-17,25H,2,5,9,11,13-15H2/t16-,17+/m0/s1. The van der Waals surface area contributed by atoms with Crippen LogP contribution in [-0.4, -0.2) is 39.7 Å². The average Bonchev–Trinajstić information content (AvgIpc) is 3.44. The van der Waals surface area contributed by atoms with Crippen LogP contribution in [0.1, 0.15) is 30.9 Å². The SMILES string of the molecule is O=C1CCCN1c1cccc(-n2ccnc2-c2ccc3n(c2=O)C[C@@H]2CNC[C@H]3C2)c1. The Morgan fingerprint density at radius 1 is 1.06 bits per heavy atom. The van der Waals surface area contributed by atoms with E-state index in [0.29, 0.717) is 29.6 Å². The molecule has 31 heavy (non-hydrogen) atoms. The van der Waals surface area contributed by atoms with Gasteiger partial charge in [-0.1, -0.05) is 6.07 Å². The van der Waals surface area contributed by atoms with Gasteiger partial charge in [-0.05, 0) is 55.6 Å². The first-order chi connectivity index (χ1) is 15.2. The molecule has 7 heteroatoms. The Labute approximate surface area is 180 Å². The molecule has 5 heterocycles. The van der Waals surface area contributed by atoms with Crippen molar-refractivity contribution in [3.05, 3.63) is 64.8 Å². The number of hydrogen-bond donors (Lipinski definition) is 1. The number of carbonyl (C=O) groups is 1. The maximum atomic E-state index is 13.5. The van der Waals surface area contributed by atoms with Crippen molar-refractivity contribution in [1.29, 1.82) is 0 Å². The number of nitrogens with one attached hydrogen (secondary N) is 1. The Morgan fingerprint density at radius 2 is 1.97 bits per heavy atom. The first-order valence-corrected chi connectivity index (χ1v) is 11.1. The molecule has 3 aromatic rings. The van der Waals surface area contributed by atoms with Crippen LogP contribution >= 0.6 is 0 Å². The van der Waals surface area contributed by atoms with Crippen LogP contribution in [0.5, 0.6) is 0 Å². The summed E-state index contributed by atoms with van der Waals surface area (Å²) in [5, 5.41) is 3.49. The number of piperidine rings is 1. The van der Waals surface area contributed by atoms with Gasteiger partial charge in [0.05, 0.1) is 5.56 Å². The molecule has 2 aromatic heterocycles. The summed E-state index contributed by atoms with van der Waals surface area (Å²) in [7, 11) is 0. The minimum absolute atomic E-state index is 0.0347. The molecule has 0 saturated carbocycles. The molecule has 2 fully saturated rings. The number of fused-ring (bicyclic) bond motifs is 4. The molecule has 2 saturated heterocycles. The van der Waals surface area contributed by atoms with E-state index in [1.54, 1.807) is 6.20 Å². The van der Waals surface area contributed by atoms with Gasteiger partial charge < -0.3 is 14.8 Å². The monoisotopic (exact) mass is 415 g/mol. The highest BCUT2D eigenvalue weighted by atomic mass is 16.2. The van der Waals surface area contributed by atoms with E-state index < -0.39 is 0 Å². The molecule has 0 unspecified atom stereocenters. The van der Waals surface area contributed by atoms with Gasteiger partial charge in [0, 0.05) is 61.4 Å². The quantitative estimate of drug-likeness (QED) is 0.714. The molecule has 3 aliphatic rings. The zero-order valence-electron chi connectivity index (χ0n) is 17.3. The topological polar surface area (TPSA) is 72.2 Å². The number of imidazole rings is 1. The first kappa shape index (κ1) is 18.6. The molecule has 0 spiro atoms. The van der Waals surface area contributed by atoms with Gasteiger partial charge in [0.2, 0.25) is 5.91 Å². The number of rotatable bonds is 3. The summed E-state index contributed by atoms with van der Waals surface area (Å²) in [6.07, 6.45) is 6.25. The fourth-order valence-electron chi connectivity index (χ4n) is 5.40. The van der Waals surface area contributed by atoms with Gasteiger partial charge in [-0.25, -0.2) is 4.98 Å². The van der Waals surface area contributed by atoms with Gasteiger partial charge in [-0.2, -0.15) is 0 Å². The van der Waals surface area contributed by atoms with Crippen LogP contribution in [-0.2, 0) is 11.3 Å². The van der Waals surface area contributed by atoms with E-state index in [1.165, 1.54) is 0 Å². The lowest BCUT2D eigenvalue weighted by Gasteiger charge is -2.37. The number of benzene rings is 1. The van der Waals surface area contributed by atoms with Crippen molar-refractivity contribution in [2.24, 2.45) is 5.92 Å². The number of aromatic nitrogens is 3. The van der Waals surface area contributed by atoms with Crippen molar-refractivity contribution >= 4 is 11.6 Å². The van der Waals surface area contributed by atoms with Gasteiger partial charge >= 0.3 is 0 Å². The van der Waals surface area contributed by atoms with Crippen LogP contribution in [0.2, 0.25) is 0 Å². The van der Waals surface area contributed by atoms with Crippen molar-refractivity contribution in [3.63, 3.8) is 0 Å². The van der Waals surface area contributed by atoms with Crippen molar-refractivity contribution in [2.75, 3.05) is 24.5 Å². The molecule has 7 nitrogen and oxygen atoms in total. The average molecular weight is 415 g/mol. The summed E-state index contributed by atoms with van der Waals surface area (Å²) in [6, 6.07) is 11.9. The van der Waals surface area contributed by atoms with E-state index in [4.69, 9.17) is 0 Å². The third-order valence-corrected chi connectivity index (χ3v) is 6.88. The Morgan fingerprint density at radius 3 is 2.84 bits per heavy atom. The van der Waals surface area contributed by atoms with E-state index in [-0.39, 0.29) is 11.5 Å². The highest BCUT2D eigenvalue weighted by Gasteiger charge is 2.31. The Kier molecular flexibility index (Phi) is 4.31. The molecule has 6 rings (SSSR count). The number of amides is 1. The smallest absolute Gasteiger partial charge is 0.261 e. The number of anilines is 1. The summed E-state index contributed by atoms with van der Waals surface area (Å²) >= 11 is 0. The minimum atomic E-state index is 0.0347. The number of hydrogen-bond acceptors (Lipinski definition) is 4. The maximum Gasteiger partial charge on any atom is 0.261 e. The van der Waals surface area contributed by atoms with Crippen molar-refractivity contribution in [2.45, 2.75) is 31.7 Å². The van der Waals surface area contributed by atoms with Crippen LogP contribution in [0.3, 0.4) is 0 Å². The number of nitrogens with zero attached hydrogens (tertiary/aromatic N) is 4. The van der Waals surface area contributed by atoms with E-state index in [0.717, 1.165) is 56.1 Å². The molecule has 2 atom stereocenters. The summed E-state index contributed by atoms with van der Waals surface area (Å²) in [5.41, 5.74) is 3.57. The normalized spacial score (nSPS) is 22.6. The second-order valence-corrected chi connectivity index (χ2v) is 8.83. The molecule has 1 aromatic carbocycles. The molecule has 1 N–H and O–H groups in total. The third-order valence-electron chi connectivity index (χ3n) is 6.88. The van der Waals surface area contributed by atoms with Gasteiger partial charge in [-0.15, -0.1) is 0 Å².